The molecule has 0 aromatic rings. The van der Waals surface area contributed by atoms with Crippen LogP contribution in [0.3, 0.4) is 0 Å². The standard InChI is InChI=1S/C16H33N/c1-3-5-6-7-8-9-10-14-17-15-16(4-2)12-11-13-16/h17H,3-15H2,1-2H3. The lowest BCUT2D eigenvalue weighted by atomic mass is 9.67. The summed E-state index contributed by atoms with van der Waals surface area (Å²) in [7, 11) is 0. The first-order valence-electron chi connectivity index (χ1n) is 8.04. The second-order valence-corrected chi connectivity index (χ2v) is 6.01. The van der Waals surface area contributed by atoms with Crippen molar-refractivity contribution >= 4 is 0 Å². The van der Waals surface area contributed by atoms with Crippen molar-refractivity contribution in [3.8, 4) is 0 Å². The maximum Gasteiger partial charge on any atom is 0.000770 e. The maximum absolute atomic E-state index is 3.68. The van der Waals surface area contributed by atoms with Crippen LogP contribution in [-0.4, -0.2) is 13.1 Å². The third kappa shape index (κ3) is 5.90. The summed E-state index contributed by atoms with van der Waals surface area (Å²) in [4.78, 5) is 0. The zero-order valence-corrected chi connectivity index (χ0v) is 12.2. The van der Waals surface area contributed by atoms with Crippen LogP contribution in [0, 0.1) is 5.41 Å². The average Bonchev–Trinajstić information content (AvgIpc) is 2.30. The Labute approximate surface area is 109 Å². The summed E-state index contributed by atoms with van der Waals surface area (Å²) in [6, 6.07) is 0. The molecule has 0 spiro atoms. The minimum Gasteiger partial charge on any atom is -0.316 e. The van der Waals surface area contributed by atoms with E-state index in [0.717, 1.165) is 0 Å². The summed E-state index contributed by atoms with van der Waals surface area (Å²) in [6.07, 6.45) is 15.7. The molecule has 0 bridgehead atoms. The fourth-order valence-electron chi connectivity index (χ4n) is 2.89. The van der Waals surface area contributed by atoms with Gasteiger partial charge in [-0.2, -0.15) is 0 Å². The van der Waals surface area contributed by atoms with E-state index >= 15 is 0 Å². The molecule has 1 N–H and O–H groups in total. The van der Waals surface area contributed by atoms with E-state index in [1.165, 1.54) is 83.7 Å². The molecule has 0 aromatic carbocycles. The van der Waals surface area contributed by atoms with Crippen LogP contribution in [0.4, 0.5) is 0 Å². The molecule has 1 nitrogen and oxygen atoms in total. The van der Waals surface area contributed by atoms with Gasteiger partial charge < -0.3 is 5.32 Å². The number of unbranched alkanes of at least 4 members (excludes halogenated alkanes) is 6. The van der Waals surface area contributed by atoms with Gasteiger partial charge in [-0.05, 0) is 37.6 Å². The number of nitrogens with one attached hydrogen (secondary N) is 1. The van der Waals surface area contributed by atoms with Crippen LogP contribution in [0.5, 0.6) is 0 Å². The molecular formula is C16H33N. The Kier molecular flexibility index (Phi) is 7.92. The van der Waals surface area contributed by atoms with Crippen molar-refractivity contribution < 1.29 is 0 Å². The second kappa shape index (κ2) is 8.97. The smallest absolute Gasteiger partial charge is 0.000770 e. The lowest BCUT2D eigenvalue weighted by Gasteiger charge is -2.41. The molecule has 0 radical (unpaired) electrons. The second-order valence-electron chi connectivity index (χ2n) is 6.01. The summed E-state index contributed by atoms with van der Waals surface area (Å²) in [5.74, 6) is 0. The molecule has 1 aliphatic carbocycles. The van der Waals surface area contributed by atoms with Gasteiger partial charge in [-0.3, -0.25) is 0 Å². The van der Waals surface area contributed by atoms with E-state index in [1.807, 2.05) is 0 Å². The van der Waals surface area contributed by atoms with Crippen molar-refractivity contribution in [2.24, 2.45) is 5.41 Å². The fourth-order valence-corrected chi connectivity index (χ4v) is 2.89. The van der Waals surface area contributed by atoms with E-state index in [2.05, 4.69) is 19.2 Å². The van der Waals surface area contributed by atoms with Gasteiger partial charge in [-0.15, -0.1) is 0 Å². The van der Waals surface area contributed by atoms with E-state index in [9.17, 15) is 0 Å². The van der Waals surface area contributed by atoms with Gasteiger partial charge in [0.25, 0.3) is 0 Å². The first-order chi connectivity index (χ1) is 8.33. The number of hydrogen-bond acceptors (Lipinski definition) is 1. The van der Waals surface area contributed by atoms with Crippen LogP contribution < -0.4 is 5.32 Å². The fraction of sp³-hybridized carbons (Fsp3) is 1.00. The number of hydrogen-bond donors (Lipinski definition) is 1. The monoisotopic (exact) mass is 239 g/mol. The van der Waals surface area contributed by atoms with E-state index in [4.69, 9.17) is 0 Å². The molecule has 0 heterocycles. The van der Waals surface area contributed by atoms with Crippen molar-refractivity contribution in [1.82, 2.24) is 5.32 Å². The van der Waals surface area contributed by atoms with Crippen molar-refractivity contribution in [1.29, 1.82) is 0 Å². The van der Waals surface area contributed by atoms with Crippen LogP contribution in [0.1, 0.15) is 84.5 Å². The zero-order valence-electron chi connectivity index (χ0n) is 12.2. The third-order valence-electron chi connectivity index (χ3n) is 4.62. The van der Waals surface area contributed by atoms with Crippen LogP contribution in [0.25, 0.3) is 0 Å². The average molecular weight is 239 g/mol. The first kappa shape index (κ1) is 15.0. The van der Waals surface area contributed by atoms with E-state index in [1.54, 1.807) is 0 Å². The molecule has 1 heteroatoms. The highest BCUT2D eigenvalue weighted by atomic mass is 14.9. The molecule has 0 amide bonds. The quantitative estimate of drug-likeness (QED) is 0.505. The highest BCUT2D eigenvalue weighted by Gasteiger charge is 2.34. The minimum absolute atomic E-state index is 0.696. The largest absolute Gasteiger partial charge is 0.316 e. The van der Waals surface area contributed by atoms with Crippen molar-refractivity contribution in [2.75, 3.05) is 13.1 Å². The Morgan fingerprint density at radius 2 is 1.53 bits per heavy atom. The van der Waals surface area contributed by atoms with Gasteiger partial charge in [0.15, 0.2) is 0 Å². The molecule has 1 aliphatic rings. The molecule has 17 heavy (non-hydrogen) atoms. The summed E-state index contributed by atoms with van der Waals surface area (Å²) in [5, 5.41) is 3.68. The van der Waals surface area contributed by atoms with E-state index < -0.39 is 0 Å². The minimum atomic E-state index is 0.696. The van der Waals surface area contributed by atoms with Crippen molar-refractivity contribution in [3.05, 3.63) is 0 Å². The summed E-state index contributed by atoms with van der Waals surface area (Å²) in [6.45, 7) is 7.16. The topological polar surface area (TPSA) is 12.0 Å². The Bertz CT molecular complexity index is 167. The molecule has 1 fully saturated rings. The summed E-state index contributed by atoms with van der Waals surface area (Å²) in [5.41, 5.74) is 0.696. The van der Waals surface area contributed by atoms with Gasteiger partial charge in [-0.25, -0.2) is 0 Å². The lowest BCUT2D eigenvalue weighted by Crippen LogP contribution is -2.39. The van der Waals surface area contributed by atoms with Gasteiger partial charge in [0.05, 0.1) is 0 Å². The molecule has 102 valence electrons. The third-order valence-corrected chi connectivity index (χ3v) is 4.62. The van der Waals surface area contributed by atoms with Crippen LogP contribution in [0.2, 0.25) is 0 Å². The first-order valence-corrected chi connectivity index (χ1v) is 8.04. The summed E-state index contributed by atoms with van der Waals surface area (Å²) >= 11 is 0. The van der Waals surface area contributed by atoms with E-state index in [0.29, 0.717) is 5.41 Å². The van der Waals surface area contributed by atoms with Crippen molar-refractivity contribution in [2.45, 2.75) is 84.5 Å². The summed E-state index contributed by atoms with van der Waals surface area (Å²) < 4.78 is 0. The molecule has 0 atom stereocenters. The highest BCUT2D eigenvalue weighted by Crippen LogP contribution is 2.42. The molecule has 0 aliphatic heterocycles. The van der Waals surface area contributed by atoms with Gasteiger partial charge in [0, 0.05) is 6.54 Å². The molecule has 0 saturated heterocycles. The van der Waals surface area contributed by atoms with Gasteiger partial charge in [0.1, 0.15) is 0 Å². The molecule has 1 saturated carbocycles. The molecule has 0 aromatic heterocycles. The Morgan fingerprint density at radius 3 is 2.06 bits per heavy atom. The van der Waals surface area contributed by atoms with Crippen LogP contribution >= 0.6 is 0 Å². The van der Waals surface area contributed by atoms with Crippen molar-refractivity contribution in [3.63, 3.8) is 0 Å². The highest BCUT2D eigenvalue weighted by molar-refractivity contribution is 4.88. The van der Waals surface area contributed by atoms with Crippen LogP contribution in [-0.2, 0) is 0 Å². The van der Waals surface area contributed by atoms with Crippen LogP contribution in [0.15, 0.2) is 0 Å². The Balaban J connectivity index is 1.81. The Morgan fingerprint density at radius 1 is 0.882 bits per heavy atom. The number of rotatable bonds is 11. The molecule has 0 unspecified atom stereocenters. The van der Waals surface area contributed by atoms with Gasteiger partial charge in [0.2, 0.25) is 0 Å². The molecular weight excluding hydrogens is 206 g/mol. The SMILES string of the molecule is CCCCCCCCCNCC1(CC)CCC1. The Hall–Kier alpha value is -0.0400. The zero-order chi connectivity index (χ0) is 12.4. The van der Waals surface area contributed by atoms with Gasteiger partial charge in [-0.1, -0.05) is 58.8 Å². The van der Waals surface area contributed by atoms with E-state index in [-0.39, 0.29) is 0 Å². The predicted octanol–water partition coefficient (Wildman–Crippen LogP) is 4.91. The predicted molar refractivity (Wildman–Crippen MR) is 77.4 cm³/mol. The lowest BCUT2D eigenvalue weighted by molar-refractivity contribution is 0.124. The molecule has 1 rings (SSSR count). The van der Waals surface area contributed by atoms with Gasteiger partial charge >= 0.3 is 0 Å². The maximum atomic E-state index is 3.68. The normalized spacial score (nSPS) is 18.0.